The van der Waals surface area contributed by atoms with Crippen molar-refractivity contribution in [1.29, 1.82) is 0 Å². The van der Waals surface area contributed by atoms with Crippen molar-refractivity contribution in [2.45, 2.75) is 0 Å². The lowest BCUT2D eigenvalue weighted by Gasteiger charge is -2.25. The lowest BCUT2D eigenvalue weighted by Crippen LogP contribution is -2.36. The van der Waals surface area contributed by atoms with Gasteiger partial charge in [-0.3, -0.25) is 0 Å². The van der Waals surface area contributed by atoms with Crippen LogP contribution in [0.25, 0.3) is 10.2 Å². The molecule has 0 N–H and O–H groups in total. The summed E-state index contributed by atoms with van der Waals surface area (Å²) in [5, 5.41) is 0.971. The van der Waals surface area contributed by atoms with Crippen LogP contribution in [-0.4, -0.2) is 43.9 Å². The molecule has 1 saturated heterocycles. The molecule has 1 aliphatic rings. The van der Waals surface area contributed by atoms with E-state index in [1.54, 1.807) is 29.5 Å². The number of thiazole rings is 1. The summed E-state index contributed by atoms with van der Waals surface area (Å²) >= 11 is 1.59. The minimum absolute atomic E-state index is 0.135. The van der Waals surface area contributed by atoms with E-state index in [2.05, 4.69) is 9.88 Å². The summed E-state index contributed by atoms with van der Waals surface area (Å²) in [6.07, 6.45) is 0. The second-order valence-corrected chi connectivity index (χ2v) is 6.81. The zero-order chi connectivity index (χ0) is 17.8. The predicted octanol–water partition coefficient (Wildman–Crippen LogP) is 3.12. The molecule has 0 saturated carbocycles. The molecule has 0 atom stereocenters. The van der Waals surface area contributed by atoms with E-state index in [4.69, 9.17) is 14.2 Å². The average Bonchev–Trinajstić information content (AvgIpc) is 3.11. The maximum absolute atomic E-state index is 12.0. The minimum Gasteiger partial charge on any atom is -0.482 e. The molecule has 7 heteroatoms. The summed E-state index contributed by atoms with van der Waals surface area (Å²) < 4.78 is 17.2. The quantitative estimate of drug-likeness (QED) is 0.508. The van der Waals surface area contributed by atoms with Crippen LogP contribution < -0.4 is 14.4 Å². The average molecular weight is 370 g/mol. The molecule has 0 spiro atoms. The van der Waals surface area contributed by atoms with Crippen LogP contribution in [0.3, 0.4) is 0 Å². The van der Waals surface area contributed by atoms with Crippen molar-refractivity contribution in [1.82, 2.24) is 4.98 Å². The Morgan fingerprint density at radius 2 is 1.92 bits per heavy atom. The third kappa shape index (κ3) is 3.95. The molecule has 4 rings (SSSR count). The third-order valence-corrected chi connectivity index (χ3v) is 5.04. The largest absolute Gasteiger partial charge is 0.482 e. The summed E-state index contributed by atoms with van der Waals surface area (Å²) in [6.45, 7) is 3.00. The van der Waals surface area contributed by atoms with Crippen LogP contribution in [0, 0.1) is 0 Å². The van der Waals surface area contributed by atoms with Gasteiger partial charge in [-0.15, -0.1) is 0 Å². The topological polar surface area (TPSA) is 60.9 Å². The van der Waals surface area contributed by atoms with Gasteiger partial charge in [0.1, 0.15) is 11.5 Å². The molecule has 1 fully saturated rings. The van der Waals surface area contributed by atoms with Gasteiger partial charge in [0.25, 0.3) is 0 Å². The summed E-state index contributed by atoms with van der Waals surface area (Å²) in [6, 6.07) is 14.7. The number of nitrogens with zero attached hydrogens (tertiary/aromatic N) is 2. The molecular formula is C19H18N2O4S. The molecule has 2 heterocycles. The van der Waals surface area contributed by atoms with E-state index in [9.17, 15) is 4.79 Å². The van der Waals surface area contributed by atoms with Crippen molar-refractivity contribution < 1.29 is 19.0 Å². The first-order chi connectivity index (χ1) is 12.8. The Hall–Kier alpha value is -2.64. The molecule has 0 radical (unpaired) electrons. The van der Waals surface area contributed by atoms with Crippen LogP contribution in [0.15, 0.2) is 48.5 Å². The van der Waals surface area contributed by atoms with Crippen molar-refractivity contribution in [3.63, 3.8) is 0 Å². The van der Waals surface area contributed by atoms with Gasteiger partial charge in [-0.1, -0.05) is 29.5 Å². The molecule has 1 aromatic heterocycles. The van der Waals surface area contributed by atoms with Crippen LogP contribution in [0.2, 0.25) is 0 Å². The zero-order valence-corrected chi connectivity index (χ0v) is 14.9. The number of para-hydroxylation sites is 1. The normalized spacial score (nSPS) is 14.4. The molecule has 3 aromatic rings. The van der Waals surface area contributed by atoms with Gasteiger partial charge in [0.15, 0.2) is 11.7 Å². The Morgan fingerprint density at radius 1 is 1.12 bits per heavy atom. The van der Waals surface area contributed by atoms with Crippen LogP contribution in [0.4, 0.5) is 5.13 Å². The standard InChI is InChI=1S/C19H18N2O4S/c22-18(13-24-14-4-2-1-3-5-14)25-15-6-7-16-17(12-15)26-19(20-16)21-8-10-23-11-9-21/h1-7,12H,8-11,13H2. The van der Waals surface area contributed by atoms with Crippen molar-refractivity contribution in [2.75, 3.05) is 37.8 Å². The van der Waals surface area contributed by atoms with Gasteiger partial charge in [0, 0.05) is 19.2 Å². The fourth-order valence-corrected chi connectivity index (χ4v) is 3.71. The van der Waals surface area contributed by atoms with Gasteiger partial charge in [-0.2, -0.15) is 0 Å². The highest BCUT2D eigenvalue weighted by molar-refractivity contribution is 7.22. The first-order valence-corrected chi connectivity index (χ1v) is 9.21. The summed E-state index contributed by atoms with van der Waals surface area (Å²) in [7, 11) is 0. The number of hydrogen-bond donors (Lipinski definition) is 0. The Labute approximate surface area is 154 Å². The SMILES string of the molecule is O=C(COc1ccccc1)Oc1ccc2nc(N3CCOCC3)sc2c1. The number of benzene rings is 2. The van der Waals surface area contributed by atoms with E-state index in [0.717, 1.165) is 41.7 Å². The number of carbonyl (C=O) groups excluding carboxylic acids is 1. The molecule has 1 aliphatic heterocycles. The van der Waals surface area contributed by atoms with Gasteiger partial charge in [-0.05, 0) is 24.3 Å². The van der Waals surface area contributed by atoms with Gasteiger partial charge in [-0.25, -0.2) is 9.78 Å². The fraction of sp³-hybridized carbons (Fsp3) is 0.263. The number of ether oxygens (including phenoxy) is 3. The summed E-state index contributed by atoms with van der Waals surface area (Å²) in [4.78, 5) is 18.9. The zero-order valence-electron chi connectivity index (χ0n) is 14.1. The van der Waals surface area contributed by atoms with E-state index in [1.807, 2.05) is 30.3 Å². The summed E-state index contributed by atoms with van der Waals surface area (Å²) in [5.41, 5.74) is 0.900. The van der Waals surface area contributed by atoms with Gasteiger partial charge in [0.2, 0.25) is 0 Å². The first-order valence-electron chi connectivity index (χ1n) is 8.40. The fourth-order valence-electron chi connectivity index (χ4n) is 2.67. The van der Waals surface area contributed by atoms with Crippen molar-refractivity contribution in [3.05, 3.63) is 48.5 Å². The monoisotopic (exact) mass is 370 g/mol. The molecule has 134 valence electrons. The lowest BCUT2D eigenvalue weighted by atomic mass is 10.3. The minimum atomic E-state index is -0.439. The first kappa shape index (κ1) is 16.8. The Kier molecular flexibility index (Phi) is 4.99. The number of carbonyl (C=O) groups is 1. The predicted molar refractivity (Wildman–Crippen MR) is 100 cm³/mol. The van der Waals surface area contributed by atoms with Crippen molar-refractivity contribution in [2.24, 2.45) is 0 Å². The number of rotatable bonds is 5. The van der Waals surface area contributed by atoms with E-state index in [0.29, 0.717) is 11.5 Å². The van der Waals surface area contributed by atoms with Gasteiger partial charge in [0.05, 0.1) is 23.4 Å². The second-order valence-electron chi connectivity index (χ2n) is 5.80. The second kappa shape index (κ2) is 7.72. The highest BCUT2D eigenvalue weighted by atomic mass is 32.1. The number of hydrogen-bond acceptors (Lipinski definition) is 7. The molecular weight excluding hydrogens is 352 g/mol. The van der Waals surface area contributed by atoms with E-state index >= 15 is 0 Å². The molecule has 0 unspecified atom stereocenters. The Morgan fingerprint density at radius 3 is 2.73 bits per heavy atom. The molecule has 6 nitrogen and oxygen atoms in total. The summed E-state index contributed by atoms with van der Waals surface area (Å²) in [5.74, 6) is 0.694. The van der Waals surface area contributed by atoms with Crippen LogP contribution in [0.1, 0.15) is 0 Å². The number of aromatic nitrogens is 1. The molecule has 0 bridgehead atoms. The van der Waals surface area contributed by atoms with Crippen LogP contribution in [-0.2, 0) is 9.53 Å². The number of anilines is 1. The van der Waals surface area contributed by atoms with Gasteiger partial charge < -0.3 is 19.1 Å². The smallest absolute Gasteiger partial charge is 0.349 e. The third-order valence-electron chi connectivity index (χ3n) is 3.96. The maximum atomic E-state index is 12.0. The van der Waals surface area contributed by atoms with Crippen molar-refractivity contribution >= 4 is 32.7 Å². The van der Waals surface area contributed by atoms with Crippen LogP contribution in [0.5, 0.6) is 11.5 Å². The highest BCUT2D eigenvalue weighted by Crippen LogP contribution is 2.31. The Bertz CT molecular complexity index is 891. The molecule has 2 aromatic carbocycles. The van der Waals surface area contributed by atoms with Crippen molar-refractivity contribution in [3.8, 4) is 11.5 Å². The Balaban J connectivity index is 1.41. The molecule has 0 amide bonds. The maximum Gasteiger partial charge on any atom is 0.349 e. The highest BCUT2D eigenvalue weighted by Gasteiger charge is 2.16. The molecule has 0 aliphatic carbocycles. The molecule has 26 heavy (non-hydrogen) atoms. The lowest BCUT2D eigenvalue weighted by molar-refractivity contribution is -0.136. The number of esters is 1. The van der Waals surface area contributed by atoms with E-state index in [1.165, 1.54) is 0 Å². The van der Waals surface area contributed by atoms with Crippen LogP contribution >= 0.6 is 11.3 Å². The number of fused-ring (bicyclic) bond motifs is 1. The number of morpholine rings is 1. The van der Waals surface area contributed by atoms with Gasteiger partial charge >= 0.3 is 5.97 Å². The van der Waals surface area contributed by atoms with E-state index in [-0.39, 0.29) is 6.61 Å². The van der Waals surface area contributed by atoms with E-state index < -0.39 is 5.97 Å².